The summed E-state index contributed by atoms with van der Waals surface area (Å²) in [6, 6.07) is 7.61. The van der Waals surface area contributed by atoms with Gasteiger partial charge in [0.2, 0.25) is 5.91 Å². The molecule has 0 saturated carbocycles. The van der Waals surface area contributed by atoms with Crippen molar-refractivity contribution in [2.24, 2.45) is 5.92 Å². The van der Waals surface area contributed by atoms with Gasteiger partial charge in [0, 0.05) is 17.8 Å². The molecule has 0 aliphatic carbocycles. The van der Waals surface area contributed by atoms with Gasteiger partial charge in [0.25, 0.3) is 0 Å². The van der Waals surface area contributed by atoms with Crippen LogP contribution in [0.2, 0.25) is 0 Å². The van der Waals surface area contributed by atoms with Gasteiger partial charge in [0.05, 0.1) is 0 Å². The number of rotatable bonds is 5. The van der Waals surface area contributed by atoms with Gasteiger partial charge in [-0.3, -0.25) is 4.79 Å². The van der Waals surface area contributed by atoms with Crippen LogP contribution < -0.4 is 11.1 Å². The number of nitrogens with one attached hydrogen (secondary N) is 1. The zero-order chi connectivity index (χ0) is 13.5. The van der Waals surface area contributed by atoms with Crippen molar-refractivity contribution in [2.45, 2.75) is 33.2 Å². The second kappa shape index (κ2) is 6.84. The van der Waals surface area contributed by atoms with Crippen LogP contribution >= 0.6 is 0 Å². The Balaban J connectivity index is 2.46. The minimum atomic E-state index is -0.0556. The summed E-state index contributed by atoms with van der Waals surface area (Å²) in [5.41, 5.74) is 7.28. The number of nitrogens with two attached hydrogens (primary N) is 1. The molecular weight excluding hydrogens is 224 g/mol. The zero-order valence-electron chi connectivity index (χ0n) is 11.3. The molecule has 0 radical (unpaired) electrons. The zero-order valence-corrected chi connectivity index (χ0v) is 11.3. The standard InChI is InChI=1S/C15H22N2O/c1-11(2)10-12(3)17-15(18)9-6-13-4-7-14(16)8-5-13/h4-9,11-12H,10,16H2,1-3H3,(H,17,18)/b9-6+. The molecule has 0 aliphatic rings. The van der Waals surface area contributed by atoms with Gasteiger partial charge in [-0.05, 0) is 43.0 Å². The average Bonchev–Trinajstić information content (AvgIpc) is 2.27. The summed E-state index contributed by atoms with van der Waals surface area (Å²) in [4.78, 5) is 11.7. The van der Waals surface area contributed by atoms with E-state index in [2.05, 4.69) is 19.2 Å². The van der Waals surface area contributed by atoms with Crippen LogP contribution in [-0.4, -0.2) is 11.9 Å². The van der Waals surface area contributed by atoms with Crippen LogP contribution in [-0.2, 0) is 4.79 Å². The number of hydrogen-bond donors (Lipinski definition) is 2. The van der Waals surface area contributed by atoms with E-state index < -0.39 is 0 Å². The van der Waals surface area contributed by atoms with E-state index in [-0.39, 0.29) is 11.9 Å². The Morgan fingerprint density at radius 2 is 1.89 bits per heavy atom. The highest BCUT2D eigenvalue weighted by atomic mass is 16.1. The van der Waals surface area contributed by atoms with Crippen molar-refractivity contribution in [1.82, 2.24) is 5.32 Å². The second-order valence-electron chi connectivity index (χ2n) is 5.04. The number of amides is 1. The molecule has 0 bridgehead atoms. The maximum Gasteiger partial charge on any atom is 0.244 e. The Morgan fingerprint density at radius 3 is 2.44 bits per heavy atom. The molecule has 3 nitrogen and oxygen atoms in total. The molecule has 0 fully saturated rings. The molecule has 0 saturated heterocycles. The SMILES string of the molecule is CC(C)CC(C)NC(=O)/C=C/c1ccc(N)cc1. The van der Waals surface area contributed by atoms with Gasteiger partial charge in [-0.1, -0.05) is 26.0 Å². The van der Waals surface area contributed by atoms with Crippen molar-refractivity contribution >= 4 is 17.7 Å². The molecule has 1 amide bonds. The Bertz CT molecular complexity index is 407. The highest BCUT2D eigenvalue weighted by Gasteiger charge is 2.06. The summed E-state index contributed by atoms with van der Waals surface area (Å²) in [5.74, 6) is 0.529. The quantitative estimate of drug-likeness (QED) is 0.620. The van der Waals surface area contributed by atoms with E-state index in [4.69, 9.17) is 5.73 Å². The minimum absolute atomic E-state index is 0.0556. The summed E-state index contributed by atoms with van der Waals surface area (Å²) in [7, 11) is 0. The molecule has 1 aromatic rings. The number of hydrogen-bond acceptors (Lipinski definition) is 2. The van der Waals surface area contributed by atoms with E-state index in [0.717, 1.165) is 17.7 Å². The third-order valence-corrected chi connectivity index (χ3v) is 2.58. The van der Waals surface area contributed by atoms with Gasteiger partial charge in [-0.2, -0.15) is 0 Å². The smallest absolute Gasteiger partial charge is 0.244 e. The normalized spacial score (nSPS) is 12.9. The maximum atomic E-state index is 11.7. The van der Waals surface area contributed by atoms with Crippen LogP contribution in [0.15, 0.2) is 30.3 Å². The topological polar surface area (TPSA) is 55.1 Å². The summed E-state index contributed by atoms with van der Waals surface area (Å²) in [6.45, 7) is 6.31. The Kier molecular flexibility index (Phi) is 5.43. The number of nitrogen functional groups attached to an aromatic ring is 1. The van der Waals surface area contributed by atoms with Crippen LogP contribution in [0.1, 0.15) is 32.8 Å². The lowest BCUT2D eigenvalue weighted by atomic mass is 10.1. The molecule has 0 heterocycles. The van der Waals surface area contributed by atoms with Crippen LogP contribution in [0.4, 0.5) is 5.69 Å². The van der Waals surface area contributed by atoms with Crippen molar-refractivity contribution < 1.29 is 4.79 Å². The van der Waals surface area contributed by atoms with E-state index >= 15 is 0 Å². The van der Waals surface area contributed by atoms with Gasteiger partial charge in [-0.25, -0.2) is 0 Å². The van der Waals surface area contributed by atoms with Crippen LogP contribution in [0.5, 0.6) is 0 Å². The summed E-state index contributed by atoms with van der Waals surface area (Å²) < 4.78 is 0. The van der Waals surface area contributed by atoms with E-state index in [1.54, 1.807) is 12.2 Å². The first-order valence-corrected chi connectivity index (χ1v) is 6.31. The summed E-state index contributed by atoms with van der Waals surface area (Å²) in [6.07, 6.45) is 4.33. The fourth-order valence-corrected chi connectivity index (χ4v) is 1.84. The number of benzene rings is 1. The van der Waals surface area contributed by atoms with Crippen molar-refractivity contribution in [3.8, 4) is 0 Å². The molecular formula is C15H22N2O. The lowest BCUT2D eigenvalue weighted by molar-refractivity contribution is -0.117. The van der Waals surface area contributed by atoms with E-state index in [1.165, 1.54) is 0 Å². The molecule has 0 aliphatic heterocycles. The van der Waals surface area contributed by atoms with E-state index in [9.17, 15) is 4.79 Å². The van der Waals surface area contributed by atoms with Crippen LogP contribution in [0, 0.1) is 5.92 Å². The molecule has 18 heavy (non-hydrogen) atoms. The van der Waals surface area contributed by atoms with Gasteiger partial charge in [-0.15, -0.1) is 0 Å². The minimum Gasteiger partial charge on any atom is -0.399 e. The number of carbonyl (C=O) groups is 1. The monoisotopic (exact) mass is 246 g/mol. The van der Waals surface area contributed by atoms with Crippen molar-refractivity contribution in [3.05, 3.63) is 35.9 Å². The van der Waals surface area contributed by atoms with Crippen molar-refractivity contribution in [1.29, 1.82) is 0 Å². The summed E-state index contributed by atoms with van der Waals surface area (Å²) in [5, 5.41) is 2.94. The first kappa shape index (κ1) is 14.3. The Morgan fingerprint density at radius 1 is 1.28 bits per heavy atom. The van der Waals surface area contributed by atoms with Crippen molar-refractivity contribution in [3.63, 3.8) is 0 Å². The lowest BCUT2D eigenvalue weighted by Crippen LogP contribution is -2.32. The van der Waals surface area contributed by atoms with E-state index in [1.807, 2.05) is 31.2 Å². The van der Waals surface area contributed by atoms with Crippen LogP contribution in [0.25, 0.3) is 6.08 Å². The molecule has 1 atom stereocenters. The largest absolute Gasteiger partial charge is 0.399 e. The van der Waals surface area contributed by atoms with Crippen molar-refractivity contribution in [2.75, 3.05) is 5.73 Å². The summed E-state index contributed by atoms with van der Waals surface area (Å²) >= 11 is 0. The molecule has 98 valence electrons. The predicted octanol–water partition coefficient (Wildman–Crippen LogP) is 2.83. The first-order valence-electron chi connectivity index (χ1n) is 6.31. The maximum absolute atomic E-state index is 11.7. The van der Waals surface area contributed by atoms with Gasteiger partial charge >= 0.3 is 0 Å². The fraction of sp³-hybridized carbons (Fsp3) is 0.400. The van der Waals surface area contributed by atoms with Gasteiger partial charge in [0.15, 0.2) is 0 Å². The fourth-order valence-electron chi connectivity index (χ4n) is 1.84. The average molecular weight is 246 g/mol. The Labute approximate surface area is 109 Å². The molecule has 0 spiro atoms. The molecule has 3 heteroatoms. The molecule has 3 N–H and O–H groups in total. The second-order valence-corrected chi connectivity index (χ2v) is 5.04. The lowest BCUT2D eigenvalue weighted by Gasteiger charge is -2.14. The highest BCUT2D eigenvalue weighted by molar-refractivity contribution is 5.91. The van der Waals surface area contributed by atoms with Gasteiger partial charge < -0.3 is 11.1 Å². The number of anilines is 1. The predicted molar refractivity (Wildman–Crippen MR) is 76.9 cm³/mol. The molecule has 1 unspecified atom stereocenters. The molecule has 1 aromatic carbocycles. The number of carbonyl (C=O) groups excluding carboxylic acids is 1. The van der Waals surface area contributed by atoms with Gasteiger partial charge in [0.1, 0.15) is 0 Å². The van der Waals surface area contributed by atoms with E-state index in [0.29, 0.717) is 5.92 Å². The third-order valence-electron chi connectivity index (χ3n) is 2.58. The molecule has 1 rings (SSSR count). The highest BCUT2D eigenvalue weighted by Crippen LogP contribution is 2.07. The Hall–Kier alpha value is -1.77. The third kappa shape index (κ3) is 5.53. The first-order chi connectivity index (χ1) is 8.47. The van der Waals surface area contributed by atoms with Crippen LogP contribution in [0.3, 0.4) is 0 Å². The molecule has 0 aromatic heterocycles.